The van der Waals surface area contributed by atoms with Gasteiger partial charge in [0.05, 0.1) is 49.5 Å². The quantitative estimate of drug-likeness (QED) is 0.259. The molecule has 1 aromatic heterocycles. The molecule has 1 aliphatic heterocycles. The zero-order valence-corrected chi connectivity index (χ0v) is 20.8. The standard InChI is InChI=1S/C21H17FN2O2.C7H14O5/c1-26-20-10-19-16(9-18(20)22)17(21(23)25)12-24(19)11-14-7-4-6-13-5-2-3-8-15(13)14;8-2-4-1-6(10)5(3-9)7(11)12-4/h2-10,12H,11H2,1H3,(H2,23,25);4-11H,1-3H2. The second-order valence-electron chi connectivity index (χ2n) is 9.16. The van der Waals surface area contributed by atoms with Gasteiger partial charge in [0.1, 0.15) is 0 Å². The smallest absolute Gasteiger partial charge is 0.250 e. The van der Waals surface area contributed by atoms with E-state index < -0.39 is 36.1 Å². The molecule has 4 atom stereocenters. The molecule has 6 N–H and O–H groups in total. The van der Waals surface area contributed by atoms with Crippen LogP contribution in [0.1, 0.15) is 22.3 Å². The Bertz CT molecular complexity index is 1410. The third-order valence-electron chi connectivity index (χ3n) is 6.75. The Balaban J connectivity index is 0.000000236. The van der Waals surface area contributed by atoms with Crippen LogP contribution in [0.2, 0.25) is 0 Å². The van der Waals surface area contributed by atoms with Gasteiger partial charge in [0.2, 0.25) is 0 Å². The van der Waals surface area contributed by atoms with E-state index in [-0.39, 0.29) is 25.4 Å². The SMILES string of the molecule is COc1cc2c(cc1F)c(C(N)=O)cn2Cc1cccc2ccccc12.OCC1CC(O)C(CO)C(O)O1. The molecule has 1 amide bonds. The number of hydrogen-bond donors (Lipinski definition) is 5. The third kappa shape index (κ3) is 5.64. The fraction of sp³-hybridized carbons (Fsp3) is 0.321. The molecule has 9 nitrogen and oxygen atoms in total. The number of rotatable bonds is 6. The van der Waals surface area contributed by atoms with Crippen molar-refractivity contribution in [3.8, 4) is 5.75 Å². The van der Waals surface area contributed by atoms with Gasteiger partial charge >= 0.3 is 0 Å². The van der Waals surface area contributed by atoms with Crippen molar-refractivity contribution in [3.05, 3.63) is 77.7 Å². The van der Waals surface area contributed by atoms with Gasteiger partial charge in [-0.1, -0.05) is 42.5 Å². The van der Waals surface area contributed by atoms with Crippen molar-refractivity contribution in [3.63, 3.8) is 0 Å². The first-order chi connectivity index (χ1) is 18.3. The van der Waals surface area contributed by atoms with Crippen LogP contribution in [0.15, 0.2) is 60.8 Å². The lowest BCUT2D eigenvalue weighted by Crippen LogP contribution is -2.46. The van der Waals surface area contributed by atoms with Gasteiger partial charge in [-0.3, -0.25) is 4.79 Å². The van der Waals surface area contributed by atoms with Crippen molar-refractivity contribution in [2.75, 3.05) is 20.3 Å². The van der Waals surface area contributed by atoms with Crippen LogP contribution >= 0.6 is 0 Å². The molecule has 2 heterocycles. The number of benzene rings is 3. The molecule has 0 aliphatic carbocycles. The molecule has 5 rings (SSSR count). The summed E-state index contributed by atoms with van der Waals surface area (Å²) >= 11 is 0. The van der Waals surface area contributed by atoms with Crippen LogP contribution in [0.25, 0.3) is 21.7 Å². The number of primary amides is 1. The number of nitrogens with zero attached hydrogens (tertiary/aromatic N) is 1. The minimum atomic E-state index is -1.18. The second-order valence-corrected chi connectivity index (χ2v) is 9.16. The molecule has 4 unspecified atom stereocenters. The number of carbonyl (C=O) groups is 1. The number of halogens is 1. The fourth-order valence-corrected chi connectivity index (χ4v) is 4.71. The van der Waals surface area contributed by atoms with E-state index >= 15 is 0 Å². The number of aliphatic hydroxyl groups excluding tert-OH is 4. The average Bonchev–Trinajstić information content (AvgIpc) is 3.25. The first-order valence-corrected chi connectivity index (χ1v) is 12.1. The van der Waals surface area contributed by atoms with E-state index in [4.69, 9.17) is 25.4 Å². The van der Waals surface area contributed by atoms with Crippen LogP contribution in [0, 0.1) is 11.7 Å². The number of ether oxygens (including phenoxy) is 2. The van der Waals surface area contributed by atoms with E-state index in [2.05, 4.69) is 18.2 Å². The zero-order valence-electron chi connectivity index (χ0n) is 20.8. The highest BCUT2D eigenvalue weighted by molar-refractivity contribution is 6.06. The lowest BCUT2D eigenvalue weighted by molar-refractivity contribution is -0.237. The molecule has 1 saturated heterocycles. The fourth-order valence-electron chi connectivity index (χ4n) is 4.71. The summed E-state index contributed by atoms with van der Waals surface area (Å²) in [5, 5.41) is 38.7. The lowest BCUT2D eigenvalue weighted by atomic mass is 9.94. The van der Waals surface area contributed by atoms with Crippen molar-refractivity contribution in [2.45, 2.75) is 31.5 Å². The van der Waals surface area contributed by atoms with Gasteiger partial charge in [-0.15, -0.1) is 0 Å². The van der Waals surface area contributed by atoms with Crippen LogP contribution in [0.5, 0.6) is 5.75 Å². The highest BCUT2D eigenvalue weighted by Crippen LogP contribution is 2.30. The van der Waals surface area contributed by atoms with Crippen molar-refractivity contribution in [1.29, 1.82) is 0 Å². The van der Waals surface area contributed by atoms with E-state index in [1.807, 2.05) is 28.8 Å². The van der Waals surface area contributed by atoms with Gasteiger partial charge in [0.15, 0.2) is 17.9 Å². The molecule has 38 heavy (non-hydrogen) atoms. The van der Waals surface area contributed by atoms with Gasteiger partial charge in [-0.05, 0) is 22.4 Å². The predicted octanol–water partition coefficient (Wildman–Crippen LogP) is 2.14. The number of fused-ring (bicyclic) bond motifs is 2. The maximum atomic E-state index is 14.1. The summed E-state index contributed by atoms with van der Waals surface area (Å²) in [6, 6.07) is 17.1. The number of amides is 1. The normalized spacial score (nSPS) is 21.2. The number of carbonyl (C=O) groups excluding carboxylic acids is 1. The lowest BCUT2D eigenvalue weighted by Gasteiger charge is -2.35. The Morgan fingerprint density at radius 2 is 1.84 bits per heavy atom. The monoisotopic (exact) mass is 526 g/mol. The Morgan fingerprint density at radius 3 is 2.50 bits per heavy atom. The van der Waals surface area contributed by atoms with E-state index in [9.17, 15) is 19.4 Å². The molecule has 0 saturated carbocycles. The summed E-state index contributed by atoms with van der Waals surface area (Å²) in [7, 11) is 1.41. The maximum Gasteiger partial charge on any atom is 0.250 e. The van der Waals surface area contributed by atoms with Gasteiger partial charge in [-0.25, -0.2) is 4.39 Å². The summed E-state index contributed by atoms with van der Waals surface area (Å²) in [6.45, 7) is -0.0212. The minimum Gasteiger partial charge on any atom is -0.494 e. The van der Waals surface area contributed by atoms with Crippen molar-refractivity contribution >= 4 is 27.6 Å². The van der Waals surface area contributed by atoms with Gasteiger partial charge in [-0.2, -0.15) is 0 Å². The predicted molar refractivity (Wildman–Crippen MR) is 139 cm³/mol. The Kier molecular flexibility index (Phi) is 8.60. The molecule has 202 valence electrons. The summed E-state index contributed by atoms with van der Waals surface area (Å²) in [4.78, 5) is 11.8. The summed E-state index contributed by atoms with van der Waals surface area (Å²) in [5.74, 6) is -1.64. The van der Waals surface area contributed by atoms with Gasteiger partial charge in [0.25, 0.3) is 5.91 Å². The van der Waals surface area contributed by atoms with Crippen molar-refractivity contribution in [2.24, 2.45) is 11.7 Å². The largest absolute Gasteiger partial charge is 0.494 e. The first-order valence-electron chi connectivity index (χ1n) is 12.1. The van der Waals surface area contributed by atoms with Crippen LogP contribution in [-0.4, -0.2) is 69.7 Å². The number of aliphatic hydroxyl groups is 4. The van der Waals surface area contributed by atoms with E-state index in [1.54, 1.807) is 12.3 Å². The number of methoxy groups -OCH3 is 1. The molecule has 3 aromatic carbocycles. The van der Waals surface area contributed by atoms with Crippen LogP contribution in [0.3, 0.4) is 0 Å². The highest BCUT2D eigenvalue weighted by Gasteiger charge is 2.35. The first kappa shape index (κ1) is 27.5. The number of nitrogens with two attached hydrogens (primary N) is 1. The molecular weight excluding hydrogens is 495 g/mol. The molecule has 1 aliphatic rings. The Labute approximate surface area is 218 Å². The van der Waals surface area contributed by atoms with Crippen LogP contribution < -0.4 is 10.5 Å². The van der Waals surface area contributed by atoms with E-state index in [0.29, 0.717) is 23.0 Å². The van der Waals surface area contributed by atoms with Gasteiger partial charge < -0.3 is 40.2 Å². The summed E-state index contributed by atoms with van der Waals surface area (Å²) < 4.78 is 26.0. The number of aromatic nitrogens is 1. The molecule has 0 bridgehead atoms. The van der Waals surface area contributed by atoms with Crippen LogP contribution in [0.4, 0.5) is 4.39 Å². The van der Waals surface area contributed by atoms with Gasteiger partial charge in [0, 0.05) is 30.6 Å². The van der Waals surface area contributed by atoms with Crippen molar-refractivity contribution < 1.29 is 39.1 Å². The third-order valence-corrected chi connectivity index (χ3v) is 6.75. The van der Waals surface area contributed by atoms with Crippen LogP contribution in [-0.2, 0) is 11.3 Å². The molecular formula is C28H31FN2O7. The molecule has 1 fully saturated rings. The Morgan fingerprint density at radius 1 is 1.11 bits per heavy atom. The molecule has 4 aromatic rings. The summed E-state index contributed by atoms with van der Waals surface area (Å²) in [6.07, 6.45) is -0.600. The highest BCUT2D eigenvalue weighted by atomic mass is 19.1. The van der Waals surface area contributed by atoms with E-state index in [0.717, 1.165) is 16.3 Å². The van der Waals surface area contributed by atoms with E-state index in [1.165, 1.54) is 13.2 Å². The average molecular weight is 527 g/mol. The molecule has 10 heteroatoms. The Hall–Kier alpha value is -3.54. The number of hydrogen-bond acceptors (Lipinski definition) is 7. The maximum absolute atomic E-state index is 14.1. The summed E-state index contributed by atoms with van der Waals surface area (Å²) in [5.41, 5.74) is 7.58. The molecule has 0 radical (unpaired) electrons. The van der Waals surface area contributed by atoms with Crippen molar-refractivity contribution in [1.82, 2.24) is 4.57 Å². The topological polar surface area (TPSA) is 147 Å². The minimum absolute atomic E-state index is 0.130. The zero-order chi connectivity index (χ0) is 27.4. The second kappa shape index (κ2) is 11.9. The molecule has 0 spiro atoms.